The third kappa shape index (κ3) is 5.91. The summed E-state index contributed by atoms with van der Waals surface area (Å²) in [5.41, 5.74) is 2.10. The van der Waals surface area contributed by atoms with Gasteiger partial charge in [0.1, 0.15) is 5.37 Å². The SMILES string of the molecule is CN(C(=O)c1ccc2c(c1)C(NC(c1ccccc1C(F)(F)F)S(=O)O)CC2)C1CCN(c2ccncc2)CC1. The summed E-state index contributed by atoms with van der Waals surface area (Å²) in [6, 6.07) is 13.8. The molecule has 0 spiro atoms. The number of aryl methyl sites for hydroxylation is 1. The average Bonchev–Trinajstić information content (AvgIpc) is 3.37. The second kappa shape index (κ2) is 11.7. The highest BCUT2D eigenvalue weighted by Gasteiger charge is 2.38. The van der Waals surface area contributed by atoms with Crippen LogP contribution >= 0.6 is 0 Å². The first-order chi connectivity index (χ1) is 19.1. The van der Waals surface area contributed by atoms with Gasteiger partial charge in [0.15, 0.2) is 11.1 Å². The molecule has 1 saturated heterocycles. The third-order valence-corrected chi connectivity index (χ3v) is 8.73. The molecular formula is C29H31F3N4O3S. The largest absolute Gasteiger partial charge is 0.416 e. The fourth-order valence-corrected chi connectivity index (χ4v) is 6.47. The highest BCUT2D eigenvalue weighted by molar-refractivity contribution is 7.79. The van der Waals surface area contributed by atoms with Crippen LogP contribution in [0.15, 0.2) is 67.0 Å². The maximum Gasteiger partial charge on any atom is 0.416 e. The summed E-state index contributed by atoms with van der Waals surface area (Å²) < 4.78 is 63.2. The molecule has 3 unspecified atom stereocenters. The Balaban J connectivity index is 1.31. The number of anilines is 1. The van der Waals surface area contributed by atoms with Crippen LogP contribution in [0.1, 0.15) is 63.3 Å². The first-order valence-corrected chi connectivity index (χ1v) is 14.4. The molecule has 2 aliphatic rings. The number of pyridine rings is 1. The molecule has 2 N–H and O–H groups in total. The van der Waals surface area contributed by atoms with Gasteiger partial charge in [-0.1, -0.05) is 24.3 Å². The van der Waals surface area contributed by atoms with E-state index < -0.39 is 34.2 Å². The molecule has 1 aromatic heterocycles. The number of fused-ring (bicyclic) bond motifs is 1. The van der Waals surface area contributed by atoms with Crippen molar-refractivity contribution >= 4 is 22.7 Å². The van der Waals surface area contributed by atoms with Crippen molar-refractivity contribution < 1.29 is 26.7 Å². The van der Waals surface area contributed by atoms with E-state index in [1.807, 2.05) is 18.2 Å². The number of carbonyl (C=O) groups excluding carboxylic acids is 1. The van der Waals surface area contributed by atoms with Gasteiger partial charge in [-0.3, -0.25) is 15.1 Å². The minimum Gasteiger partial charge on any atom is -0.371 e. The van der Waals surface area contributed by atoms with Gasteiger partial charge in [0.05, 0.1) is 5.56 Å². The van der Waals surface area contributed by atoms with Gasteiger partial charge in [0, 0.05) is 55.9 Å². The molecule has 11 heteroatoms. The minimum absolute atomic E-state index is 0.0767. The summed E-state index contributed by atoms with van der Waals surface area (Å²) in [5.74, 6) is -0.125. The zero-order valence-corrected chi connectivity index (χ0v) is 22.8. The van der Waals surface area contributed by atoms with Gasteiger partial charge in [-0.25, -0.2) is 4.21 Å². The zero-order valence-electron chi connectivity index (χ0n) is 22.0. The summed E-state index contributed by atoms with van der Waals surface area (Å²) in [6.07, 6.45) is 1.70. The molecule has 3 atom stereocenters. The van der Waals surface area contributed by atoms with Gasteiger partial charge >= 0.3 is 6.18 Å². The Morgan fingerprint density at radius 3 is 2.48 bits per heavy atom. The van der Waals surface area contributed by atoms with Crippen LogP contribution in [-0.4, -0.2) is 50.7 Å². The van der Waals surface area contributed by atoms with E-state index in [1.165, 1.54) is 18.2 Å². The molecule has 3 aromatic rings. The van der Waals surface area contributed by atoms with Crippen molar-refractivity contribution in [1.29, 1.82) is 0 Å². The highest BCUT2D eigenvalue weighted by Crippen LogP contribution is 2.39. The molecule has 5 rings (SSSR count). The van der Waals surface area contributed by atoms with Crippen LogP contribution in [-0.2, 0) is 23.7 Å². The van der Waals surface area contributed by atoms with Crippen LogP contribution in [0.3, 0.4) is 0 Å². The number of hydrogen-bond acceptors (Lipinski definition) is 5. The van der Waals surface area contributed by atoms with Gasteiger partial charge in [-0.2, -0.15) is 13.2 Å². The summed E-state index contributed by atoms with van der Waals surface area (Å²) in [4.78, 5) is 21.6. The van der Waals surface area contributed by atoms with E-state index in [1.54, 1.807) is 36.5 Å². The number of nitrogens with one attached hydrogen (secondary N) is 1. The van der Waals surface area contributed by atoms with Crippen molar-refractivity contribution in [1.82, 2.24) is 15.2 Å². The normalized spacial score (nSPS) is 19.2. The van der Waals surface area contributed by atoms with Gasteiger partial charge in [0.2, 0.25) is 0 Å². The van der Waals surface area contributed by atoms with Crippen molar-refractivity contribution in [2.45, 2.75) is 49.3 Å². The maximum absolute atomic E-state index is 13.6. The summed E-state index contributed by atoms with van der Waals surface area (Å²) in [6.45, 7) is 1.64. The second-order valence-electron chi connectivity index (χ2n) is 10.3. The van der Waals surface area contributed by atoms with Gasteiger partial charge in [-0.15, -0.1) is 0 Å². The first kappa shape index (κ1) is 28.3. The lowest BCUT2D eigenvalue weighted by Crippen LogP contribution is -2.45. The van der Waals surface area contributed by atoms with E-state index in [-0.39, 0.29) is 17.5 Å². The van der Waals surface area contributed by atoms with Crippen molar-refractivity contribution in [3.05, 3.63) is 94.8 Å². The smallest absolute Gasteiger partial charge is 0.371 e. The number of hydrogen-bond donors (Lipinski definition) is 2. The summed E-state index contributed by atoms with van der Waals surface area (Å²) in [7, 11) is 1.80. The fourth-order valence-electron chi connectivity index (χ4n) is 5.77. The molecule has 40 heavy (non-hydrogen) atoms. The molecule has 0 saturated carbocycles. The Hall–Kier alpha value is -3.28. The molecule has 1 fully saturated rings. The number of benzene rings is 2. The van der Waals surface area contributed by atoms with E-state index in [2.05, 4.69) is 15.2 Å². The van der Waals surface area contributed by atoms with Crippen molar-refractivity contribution in [2.75, 3.05) is 25.0 Å². The number of rotatable bonds is 7. The van der Waals surface area contributed by atoms with Crippen molar-refractivity contribution in [3.8, 4) is 0 Å². The maximum atomic E-state index is 13.6. The van der Waals surface area contributed by atoms with E-state index in [0.717, 1.165) is 48.8 Å². The standard InChI is InChI=1S/C29H31F3N4O3S/c1-35(21-12-16-36(17-13-21)22-10-14-33-15-11-22)28(37)20-7-6-19-8-9-26(24(19)18-20)34-27(40(38)39)23-4-2-3-5-25(23)29(30,31)32/h2-7,10-11,14-15,18,21,26-27,34H,8-9,12-13,16-17H2,1H3,(H,38,39). The number of nitrogens with zero attached hydrogens (tertiary/aromatic N) is 3. The zero-order chi connectivity index (χ0) is 28.4. The average molecular weight is 573 g/mol. The number of halogens is 3. The van der Waals surface area contributed by atoms with Crippen molar-refractivity contribution in [3.63, 3.8) is 0 Å². The van der Waals surface area contributed by atoms with Crippen LogP contribution in [0.4, 0.5) is 18.9 Å². The Bertz CT molecular complexity index is 1380. The summed E-state index contributed by atoms with van der Waals surface area (Å²) in [5, 5.41) is 1.55. The Kier molecular flexibility index (Phi) is 8.25. The van der Waals surface area contributed by atoms with E-state index >= 15 is 0 Å². The van der Waals surface area contributed by atoms with Gasteiger partial charge < -0.3 is 14.4 Å². The number of piperidine rings is 1. The van der Waals surface area contributed by atoms with Crippen LogP contribution < -0.4 is 10.2 Å². The molecule has 212 valence electrons. The van der Waals surface area contributed by atoms with Crippen LogP contribution in [0, 0.1) is 0 Å². The lowest BCUT2D eigenvalue weighted by molar-refractivity contribution is -0.138. The van der Waals surface area contributed by atoms with Crippen LogP contribution in [0.25, 0.3) is 0 Å². The summed E-state index contributed by atoms with van der Waals surface area (Å²) >= 11 is -2.61. The number of aromatic nitrogens is 1. The Morgan fingerprint density at radius 2 is 1.80 bits per heavy atom. The molecule has 1 aliphatic carbocycles. The van der Waals surface area contributed by atoms with Crippen LogP contribution in [0.5, 0.6) is 0 Å². The third-order valence-electron chi connectivity index (χ3n) is 7.93. The Labute approximate surface area is 233 Å². The predicted octanol–water partition coefficient (Wildman–Crippen LogP) is 5.34. The quantitative estimate of drug-likeness (QED) is 0.372. The first-order valence-electron chi connectivity index (χ1n) is 13.2. The molecule has 2 aromatic carbocycles. The van der Waals surface area contributed by atoms with Crippen LogP contribution in [0.2, 0.25) is 0 Å². The molecule has 2 heterocycles. The second-order valence-corrected chi connectivity index (χ2v) is 11.3. The van der Waals surface area contributed by atoms with E-state index in [9.17, 15) is 26.7 Å². The minimum atomic E-state index is -4.66. The molecule has 0 bridgehead atoms. The molecule has 1 amide bonds. The van der Waals surface area contributed by atoms with E-state index in [4.69, 9.17) is 0 Å². The molecule has 7 nitrogen and oxygen atoms in total. The number of carbonyl (C=O) groups is 1. The fraction of sp³-hybridized carbons (Fsp3) is 0.379. The molecule has 1 aliphatic heterocycles. The lowest BCUT2D eigenvalue weighted by Gasteiger charge is -2.38. The topological polar surface area (TPSA) is 85.8 Å². The number of alkyl halides is 3. The Morgan fingerprint density at radius 1 is 1.10 bits per heavy atom. The predicted molar refractivity (Wildman–Crippen MR) is 147 cm³/mol. The number of amides is 1. The van der Waals surface area contributed by atoms with Crippen molar-refractivity contribution in [2.24, 2.45) is 0 Å². The molecule has 0 radical (unpaired) electrons. The highest BCUT2D eigenvalue weighted by atomic mass is 32.2. The molecular weight excluding hydrogens is 541 g/mol. The lowest BCUT2D eigenvalue weighted by atomic mass is 10.00. The monoisotopic (exact) mass is 572 g/mol. The van der Waals surface area contributed by atoms with Gasteiger partial charge in [0.25, 0.3) is 5.91 Å². The van der Waals surface area contributed by atoms with E-state index in [0.29, 0.717) is 18.4 Å². The van der Waals surface area contributed by atoms with Gasteiger partial charge in [-0.05, 0) is 72.7 Å².